The number of carbonyl (C=O) groups is 1. The predicted octanol–water partition coefficient (Wildman–Crippen LogP) is 1.40. The lowest BCUT2D eigenvalue weighted by molar-refractivity contribution is 0.111. The summed E-state index contributed by atoms with van der Waals surface area (Å²) in [5.74, 6) is 1.03. The zero-order valence-electron chi connectivity index (χ0n) is 5.88. The summed E-state index contributed by atoms with van der Waals surface area (Å²) >= 11 is 3.24. The Morgan fingerprint density at radius 2 is 2.45 bits per heavy atom. The lowest BCUT2D eigenvalue weighted by Gasteiger charge is -1.95. The second-order valence-electron chi connectivity index (χ2n) is 2.58. The van der Waals surface area contributed by atoms with E-state index in [0.29, 0.717) is 10.3 Å². The van der Waals surface area contributed by atoms with Crippen LogP contribution >= 0.6 is 15.9 Å². The number of aldehydes is 1. The molecule has 4 heteroatoms. The van der Waals surface area contributed by atoms with Gasteiger partial charge in [0.25, 0.3) is 0 Å². The molecule has 1 aromatic heterocycles. The third-order valence-corrected chi connectivity index (χ3v) is 2.52. The average Bonchev–Trinajstić information content (AvgIpc) is 2.46. The van der Waals surface area contributed by atoms with E-state index in [0.717, 1.165) is 31.5 Å². The Balaban J connectivity index is 2.60. The van der Waals surface area contributed by atoms with Gasteiger partial charge < -0.3 is 4.57 Å². The van der Waals surface area contributed by atoms with Gasteiger partial charge in [-0.05, 0) is 22.4 Å². The van der Waals surface area contributed by atoms with Crippen molar-refractivity contribution in [2.24, 2.45) is 0 Å². The summed E-state index contributed by atoms with van der Waals surface area (Å²) in [6.45, 7) is 0.933. The van der Waals surface area contributed by atoms with Gasteiger partial charge in [0.05, 0.1) is 0 Å². The van der Waals surface area contributed by atoms with Crippen LogP contribution in [0.4, 0.5) is 0 Å². The number of fused-ring (bicyclic) bond motifs is 1. The first-order valence-electron chi connectivity index (χ1n) is 3.53. The van der Waals surface area contributed by atoms with Crippen molar-refractivity contribution >= 4 is 22.2 Å². The minimum atomic E-state index is 0.678. The van der Waals surface area contributed by atoms with Crippen LogP contribution in [0.1, 0.15) is 22.7 Å². The van der Waals surface area contributed by atoms with E-state index in [1.165, 1.54) is 0 Å². The fraction of sp³-hybridized carbons (Fsp3) is 0.429. The third-order valence-electron chi connectivity index (χ3n) is 1.93. The SMILES string of the molecule is O=Cc1c(Br)nc2n1CCC2. The molecule has 2 rings (SSSR count). The van der Waals surface area contributed by atoms with E-state index in [-0.39, 0.29) is 0 Å². The van der Waals surface area contributed by atoms with Crippen molar-refractivity contribution in [3.63, 3.8) is 0 Å². The highest BCUT2D eigenvalue weighted by molar-refractivity contribution is 9.10. The third kappa shape index (κ3) is 0.929. The average molecular weight is 215 g/mol. The molecule has 0 aliphatic carbocycles. The predicted molar refractivity (Wildman–Crippen MR) is 43.6 cm³/mol. The van der Waals surface area contributed by atoms with Crippen molar-refractivity contribution in [1.82, 2.24) is 9.55 Å². The summed E-state index contributed by atoms with van der Waals surface area (Å²) in [4.78, 5) is 14.8. The molecule has 0 amide bonds. The van der Waals surface area contributed by atoms with Gasteiger partial charge >= 0.3 is 0 Å². The fourth-order valence-electron chi connectivity index (χ4n) is 1.43. The Bertz CT molecular complexity index is 306. The molecular formula is C7H7BrN2O. The van der Waals surface area contributed by atoms with Crippen LogP contribution in [-0.2, 0) is 13.0 Å². The molecule has 0 bridgehead atoms. The fourth-order valence-corrected chi connectivity index (χ4v) is 1.94. The Kier molecular flexibility index (Phi) is 1.56. The molecule has 0 saturated carbocycles. The molecule has 0 N–H and O–H groups in total. The minimum Gasteiger partial charge on any atom is -0.325 e. The summed E-state index contributed by atoms with van der Waals surface area (Å²) in [6.07, 6.45) is 2.95. The number of hydrogen-bond acceptors (Lipinski definition) is 2. The van der Waals surface area contributed by atoms with Crippen LogP contribution in [0.5, 0.6) is 0 Å². The second-order valence-corrected chi connectivity index (χ2v) is 3.33. The van der Waals surface area contributed by atoms with Crippen LogP contribution < -0.4 is 0 Å². The van der Waals surface area contributed by atoms with Crippen molar-refractivity contribution in [1.29, 1.82) is 0 Å². The highest BCUT2D eigenvalue weighted by atomic mass is 79.9. The van der Waals surface area contributed by atoms with E-state index < -0.39 is 0 Å². The number of hydrogen-bond donors (Lipinski definition) is 0. The number of carbonyl (C=O) groups excluding carboxylic acids is 1. The Morgan fingerprint density at radius 1 is 1.64 bits per heavy atom. The smallest absolute Gasteiger partial charge is 0.169 e. The first kappa shape index (κ1) is 7.03. The maximum atomic E-state index is 10.6. The van der Waals surface area contributed by atoms with Crippen molar-refractivity contribution in [3.05, 3.63) is 16.1 Å². The van der Waals surface area contributed by atoms with E-state index in [4.69, 9.17) is 0 Å². The number of imidazole rings is 1. The van der Waals surface area contributed by atoms with Gasteiger partial charge in [0.15, 0.2) is 6.29 Å². The molecule has 0 saturated heterocycles. The molecule has 0 fully saturated rings. The standard InChI is InChI=1S/C7H7BrN2O/c8-7-5(4-11)10-3-1-2-6(10)9-7/h4H,1-3H2. The first-order valence-corrected chi connectivity index (χ1v) is 4.32. The molecule has 0 aromatic carbocycles. The second kappa shape index (κ2) is 2.44. The van der Waals surface area contributed by atoms with Crippen molar-refractivity contribution < 1.29 is 4.79 Å². The Labute approximate surface area is 72.6 Å². The van der Waals surface area contributed by atoms with Crippen molar-refractivity contribution in [2.45, 2.75) is 19.4 Å². The maximum Gasteiger partial charge on any atom is 0.169 e. The summed E-state index contributed by atoms with van der Waals surface area (Å²) in [5, 5.41) is 0. The lowest BCUT2D eigenvalue weighted by Crippen LogP contribution is -1.97. The van der Waals surface area contributed by atoms with Gasteiger partial charge in [0, 0.05) is 13.0 Å². The van der Waals surface area contributed by atoms with Gasteiger partial charge in [-0.1, -0.05) is 0 Å². The molecule has 1 aliphatic rings. The van der Waals surface area contributed by atoms with E-state index in [2.05, 4.69) is 20.9 Å². The van der Waals surface area contributed by atoms with Gasteiger partial charge in [0.1, 0.15) is 16.1 Å². The summed E-state index contributed by atoms with van der Waals surface area (Å²) in [7, 11) is 0. The Hall–Kier alpha value is -0.640. The van der Waals surface area contributed by atoms with Crippen LogP contribution in [0.3, 0.4) is 0 Å². The van der Waals surface area contributed by atoms with Crippen LogP contribution in [0, 0.1) is 0 Å². The van der Waals surface area contributed by atoms with Crippen molar-refractivity contribution in [3.8, 4) is 0 Å². The van der Waals surface area contributed by atoms with E-state index in [1.54, 1.807) is 0 Å². The summed E-state index contributed by atoms with van der Waals surface area (Å²) in [6, 6.07) is 0. The first-order chi connectivity index (χ1) is 5.33. The molecule has 2 heterocycles. The van der Waals surface area contributed by atoms with E-state index in [1.807, 2.05) is 4.57 Å². The number of aromatic nitrogens is 2. The van der Waals surface area contributed by atoms with Gasteiger partial charge in [0.2, 0.25) is 0 Å². The molecule has 3 nitrogen and oxygen atoms in total. The molecule has 1 aromatic rings. The highest BCUT2D eigenvalue weighted by Crippen LogP contribution is 2.22. The van der Waals surface area contributed by atoms with E-state index in [9.17, 15) is 4.79 Å². The topological polar surface area (TPSA) is 34.9 Å². The molecule has 0 unspecified atom stereocenters. The van der Waals surface area contributed by atoms with Gasteiger partial charge in [-0.25, -0.2) is 4.98 Å². The number of nitrogens with zero attached hydrogens (tertiary/aromatic N) is 2. The molecule has 0 radical (unpaired) electrons. The molecule has 11 heavy (non-hydrogen) atoms. The quantitative estimate of drug-likeness (QED) is 0.663. The molecule has 58 valence electrons. The molecule has 1 aliphatic heterocycles. The normalized spacial score (nSPS) is 15.0. The zero-order chi connectivity index (χ0) is 7.84. The van der Waals surface area contributed by atoms with E-state index >= 15 is 0 Å². The minimum absolute atomic E-state index is 0.678. The lowest BCUT2D eigenvalue weighted by atomic mass is 10.4. The van der Waals surface area contributed by atoms with Crippen molar-refractivity contribution in [2.75, 3.05) is 0 Å². The van der Waals surface area contributed by atoms with Gasteiger partial charge in [-0.2, -0.15) is 0 Å². The number of halogens is 1. The monoisotopic (exact) mass is 214 g/mol. The number of rotatable bonds is 1. The summed E-state index contributed by atoms with van der Waals surface area (Å²) in [5.41, 5.74) is 0.678. The number of aryl methyl sites for hydroxylation is 1. The van der Waals surface area contributed by atoms with Crippen LogP contribution in [0.2, 0.25) is 0 Å². The van der Waals surface area contributed by atoms with Crippen LogP contribution in [0.25, 0.3) is 0 Å². The van der Waals surface area contributed by atoms with Gasteiger partial charge in [-0.15, -0.1) is 0 Å². The molecular weight excluding hydrogens is 208 g/mol. The highest BCUT2D eigenvalue weighted by Gasteiger charge is 2.18. The summed E-state index contributed by atoms with van der Waals surface area (Å²) < 4.78 is 2.65. The van der Waals surface area contributed by atoms with Crippen LogP contribution in [0.15, 0.2) is 4.60 Å². The van der Waals surface area contributed by atoms with Crippen LogP contribution in [-0.4, -0.2) is 15.8 Å². The zero-order valence-corrected chi connectivity index (χ0v) is 7.47. The van der Waals surface area contributed by atoms with Gasteiger partial charge in [-0.3, -0.25) is 4.79 Å². The molecule has 0 atom stereocenters. The maximum absolute atomic E-state index is 10.6. The largest absolute Gasteiger partial charge is 0.325 e. The Morgan fingerprint density at radius 3 is 3.18 bits per heavy atom. The molecule has 0 spiro atoms.